The molecule has 1 heterocycles. The fourth-order valence-corrected chi connectivity index (χ4v) is 0.383. The first-order chi connectivity index (χ1) is 3.84. The molecule has 8 heavy (non-hydrogen) atoms. The van der Waals surface area contributed by atoms with Gasteiger partial charge in [0.1, 0.15) is 12.0 Å². The summed E-state index contributed by atoms with van der Waals surface area (Å²) in [4.78, 5) is 13.3. The van der Waals surface area contributed by atoms with Gasteiger partial charge in [0.15, 0.2) is 6.29 Å². The minimum Gasteiger partial charge on any atom is -0.427 e. The van der Waals surface area contributed by atoms with E-state index in [0.29, 0.717) is 11.0 Å². The molecule has 42 valence electrons. The van der Waals surface area contributed by atoms with Crippen molar-refractivity contribution in [3.63, 3.8) is 0 Å². The van der Waals surface area contributed by atoms with Gasteiger partial charge in [0.2, 0.25) is 0 Å². The van der Waals surface area contributed by atoms with Crippen LogP contribution in [0.2, 0.25) is 0 Å². The number of nitrogens with zero attached hydrogens (tertiary/aromatic N) is 2. The molecule has 0 radical (unpaired) electrons. The molecule has 4 nitrogen and oxygen atoms in total. The summed E-state index contributed by atoms with van der Waals surface area (Å²) < 4.78 is 0.660. The molecule has 0 aromatic carbocycles. The van der Waals surface area contributed by atoms with Crippen LogP contribution in [0.25, 0.3) is 0 Å². The lowest BCUT2D eigenvalue weighted by Gasteiger charge is -1.85. The summed E-state index contributed by atoms with van der Waals surface area (Å²) in [7, 11) is 0. The van der Waals surface area contributed by atoms with Gasteiger partial charge in [0.25, 0.3) is 0 Å². The summed E-state index contributed by atoms with van der Waals surface area (Å²) in [5, 5.41) is 8.57. The summed E-state index contributed by atoms with van der Waals surface area (Å²) in [6, 6.07) is 0. The van der Waals surface area contributed by atoms with Crippen molar-refractivity contribution >= 4 is 6.29 Å². The van der Waals surface area contributed by atoms with Crippen molar-refractivity contribution in [2.75, 3.05) is 0 Å². The van der Waals surface area contributed by atoms with Crippen molar-refractivity contribution < 1.29 is 10.0 Å². The molecule has 1 aromatic heterocycles. The van der Waals surface area contributed by atoms with Crippen LogP contribution in [-0.4, -0.2) is 21.2 Å². The van der Waals surface area contributed by atoms with Crippen LogP contribution in [0, 0.1) is 0 Å². The third-order valence-corrected chi connectivity index (χ3v) is 0.768. The average molecular weight is 112 g/mol. The van der Waals surface area contributed by atoms with Crippen LogP contribution in [0.15, 0.2) is 12.5 Å². The summed E-state index contributed by atoms with van der Waals surface area (Å²) in [6.07, 6.45) is 2.93. The van der Waals surface area contributed by atoms with E-state index in [2.05, 4.69) is 4.98 Å². The molecule has 1 aromatic rings. The van der Waals surface area contributed by atoms with Crippen molar-refractivity contribution in [3.8, 4) is 0 Å². The quantitative estimate of drug-likeness (QED) is 0.408. The SMILES string of the molecule is O=Cc1cncn1O. The first-order valence-electron chi connectivity index (χ1n) is 2.01. The van der Waals surface area contributed by atoms with Crippen LogP contribution >= 0.6 is 0 Å². The van der Waals surface area contributed by atoms with Crippen LogP contribution in [0.4, 0.5) is 0 Å². The Kier molecular flexibility index (Phi) is 0.997. The number of hydrogen-bond acceptors (Lipinski definition) is 3. The van der Waals surface area contributed by atoms with E-state index in [1.54, 1.807) is 0 Å². The van der Waals surface area contributed by atoms with Gasteiger partial charge < -0.3 is 5.21 Å². The van der Waals surface area contributed by atoms with Gasteiger partial charge in [-0.3, -0.25) is 4.79 Å². The van der Waals surface area contributed by atoms with E-state index in [4.69, 9.17) is 5.21 Å². The fourth-order valence-electron chi connectivity index (χ4n) is 0.383. The Hall–Kier alpha value is -1.32. The van der Waals surface area contributed by atoms with Crippen molar-refractivity contribution in [3.05, 3.63) is 18.2 Å². The minimum absolute atomic E-state index is 0.157. The van der Waals surface area contributed by atoms with E-state index < -0.39 is 0 Å². The van der Waals surface area contributed by atoms with Crippen LogP contribution in [0.1, 0.15) is 10.5 Å². The molecular weight excluding hydrogens is 108 g/mol. The first kappa shape index (κ1) is 4.83. The summed E-state index contributed by atoms with van der Waals surface area (Å²) in [6.45, 7) is 0. The average Bonchev–Trinajstić information content (AvgIpc) is 2.14. The predicted octanol–water partition coefficient (Wildman–Crippen LogP) is -0.0671. The number of hydrogen-bond donors (Lipinski definition) is 1. The van der Waals surface area contributed by atoms with Crippen molar-refractivity contribution in [2.45, 2.75) is 0 Å². The molecule has 0 aliphatic carbocycles. The highest BCUT2D eigenvalue weighted by molar-refractivity contribution is 5.71. The normalized spacial score (nSPS) is 9.00. The second kappa shape index (κ2) is 1.65. The molecule has 0 amide bonds. The maximum Gasteiger partial charge on any atom is 0.171 e. The third kappa shape index (κ3) is 0.556. The van der Waals surface area contributed by atoms with Gasteiger partial charge in [-0.15, -0.1) is 0 Å². The van der Waals surface area contributed by atoms with Gasteiger partial charge in [-0.05, 0) is 0 Å². The molecule has 1 rings (SSSR count). The molecule has 0 unspecified atom stereocenters. The minimum atomic E-state index is 0.157. The molecule has 0 spiro atoms. The molecule has 0 saturated heterocycles. The summed E-state index contributed by atoms with van der Waals surface area (Å²) in [5.41, 5.74) is 0.157. The van der Waals surface area contributed by atoms with Crippen molar-refractivity contribution in [1.82, 2.24) is 9.71 Å². The van der Waals surface area contributed by atoms with Gasteiger partial charge in [0.05, 0.1) is 6.20 Å². The second-order valence-corrected chi connectivity index (χ2v) is 1.28. The Balaban J connectivity index is 3.09. The van der Waals surface area contributed by atoms with Crippen LogP contribution < -0.4 is 0 Å². The number of imidazole rings is 1. The lowest BCUT2D eigenvalue weighted by molar-refractivity contribution is 0.107. The molecule has 0 atom stereocenters. The number of carbonyl (C=O) groups excluding carboxylic acids is 1. The van der Waals surface area contributed by atoms with Crippen molar-refractivity contribution in [2.24, 2.45) is 0 Å². The first-order valence-corrected chi connectivity index (χ1v) is 2.01. The van der Waals surface area contributed by atoms with Crippen LogP contribution in [0.3, 0.4) is 0 Å². The van der Waals surface area contributed by atoms with Crippen LogP contribution in [-0.2, 0) is 0 Å². The van der Waals surface area contributed by atoms with E-state index in [0.717, 1.165) is 6.33 Å². The largest absolute Gasteiger partial charge is 0.427 e. The Morgan fingerprint density at radius 2 is 2.62 bits per heavy atom. The van der Waals surface area contributed by atoms with E-state index >= 15 is 0 Å². The number of aromatic nitrogens is 2. The standard InChI is InChI=1S/C4H4N2O2/c7-2-4-1-5-3-6(4)8/h1-3,8H. The topological polar surface area (TPSA) is 55.1 Å². The maximum absolute atomic E-state index is 9.87. The van der Waals surface area contributed by atoms with Gasteiger partial charge in [-0.25, -0.2) is 4.98 Å². The van der Waals surface area contributed by atoms with E-state index in [1.165, 1.54) is 6.20 Å². The molecule has 0 bridgehead atoms. The Morgan fingerprint density at radius 1 is 1.88 bits per heavy atom. The summed E-state index contributed by atoms with van der Waals surface area (Å²) in [5.74, 6) is 0. The lowest BCUT2D eigenvalue weighted by Crippen LogP contribution is -1.92. The fraction of sp³-hybridized carbons (Fsp3) is 0. The van der Waals surface area contributed by atoms with Gasteiger partial charge in [-0.1, -0.05) is 0 Å². The zero-order valence-electron chi connectivity index (χ0n) is 3.98. The Morgan fingerprint density at radius 3 is 2.88 bits per heavy atom. The van der Waals surface area contributed by atoms with Gasteiger partial charge in [0, 0.05) is 0 Å². The predicted molar refractivity (Wildman–Crippen MR) is 24.8 cm³/mol. The van der Waals surface area contributed by atoms with Crippen molar-refractivity contribution in [1.29, 1.82) is 0 Å². The monoisotopic (exact) mass is 112 g/mol. The molecule has 0 aliphatic rings. The number of carbonyl (C=O) groups is 1. The number of aldehydes is 1. The molecule has 4 heteroatoms. The highest BCUT2D eigenvalue weighted by Gasteiger charge is 1.93. The van der Waals surface area contributed by atoms with Crippen LogP contribution in [0.5, 0.6) is 0 Å². The van der Waals surface area contributed by atoms with Gasteiger partial charge in [-0.2, -0.15) is 4.73 Å². The third-order valence-electron chi connectivity index (χ3n) is 0.768. The molecule has 1 N–H and O–H groups in total. The molecule has 0 saturated carbocycles. The second-order valence-electron chi connectivity index (χ2n) is 1.28. The van der Waals surface area contributed by atoms with E-state index in [-0.39, 0.29) is 5.69 Å². The zero-order valence-corrected chi connectivity index (χ0v) is 3.98. The zero-order chi connectivity index (χ0) is 5.98. The smallest absolute Gasteiger partial charge is 0.171 e. The molecule has 0 aliphatic heterocycles. The van der Waals surface area contributed by atoms with E-state index in [9.17, 15) is 4.79 Å². The highest BCUT2D eigenvalue weighted by atomic mass is 16.5. The summed E-state index contributed by atoms with van der Waals surface area (Å²) >= 11 is 0. The van der Waals surface area contributed by atoms with E-state index in [1.807, 2.05) is 0 Å². The number of rotatable bonds is 1. The Labute approximate surface area is 45.3 Å². The Bertz CT molecular complexity index is 194. The molecular formula is C4H4N2O2. The highest BCUT2D eigenvalue weighted by Crippen LogP contribution is 1.87. The lowest BCUT2D eigenvalue weighted by atomic mass is 10.5. The maximum atomic E-state index is 9.87. The molecule has 0 fully saturated rings. The van der Waals surface area contributed by atoms with Gasteiger partial charge >= 0.3 is 0 Å².